The third-order valence-corrected chi connectivity index (χ3v) is 1.76. The van der Waals surface area contributed by atoms with Gasteiger partial charge in [-0.1, -0.05) is 45.1 Å². The molecule has 0 amide bonds. The van der Waals surface area contributed by atoms with E-state index >= 15 is 0 Å². The Morgan fingerprint density at radius 1 is 1.00 bits per heavy atom. The lowest BCUT2D eigenvalue weighted by Crippen LogP contribution is -1.76. The van der Waals surface area contributed by atoms with Crippen molar-refractivity contribution in [1.29, 1.82) is 0 Å². The second-order valence-corrected chi connectivity index (χ2v) is 2.85. The van der Waals surface area contributed by atoms with E-state index in [9.17, 15) is 0 Å². The zero-order valence-corrected chi connectivity index (χ0v) is 7.68. The highest BCUT2D eigenvalue weighted by Crippen LogP contribution is 2.06. The number of rotatable bonds is 7. The van der Waals surface area contributed by atoms with Crippen molar-refractivity contribution >= 4 is 0 Å². The van der Waals surface area contributed by atoms with Crippen molar-refractivity contribution in [2.45, 2.75) is 51.9 Å². The van der Waals surface area contributed by atoms with Crippen LogP contribution in [0.5, 0.6) is 0 Å². The summed E-state index contributed by atoms with van der Waals surface area (Å²) in [4.78, 5) is 0. The lowest BCUT2D eigenvalue weighted by Gasteiger charge is -1.96. The molecule has 0 bridgehead atoms. The summed E-state index contributed by atoms with van der Waals surface area (Å²) in [5.74, 6) is 0. The predicted molar refractivity (Wildman–Crippen MR) is 50.3 cm³/mol. The Balaban J connectivity index is 0. The van der Waals surface area contributed by atoms with E-state index < -0.39 is 0 Å². The Labute approximate surface area is 71.5 Å². The number of hydrogen-bond acceptors (Lipinski definition) is 0. The Kier molecular flexibility index (Phi) is 15.0. The maximum Gasteiger partial charge on any atom is 0 e. The molecule has 0 rings (SSSR count). The van der Waals surface area contributed by atoms with Crippen LogP contribution >= 0.6 is 0 Å². The van der Waals surface area contributed by atoms with Crippen LogP contribution in [-0.2, 0) is 0 Å². The van der Waals surface area contributed by atoms with Crippen LogP contribution in [-0.4, -0.2) is 0 Å². The van der Waals surface area contributed by atoms with Crippen LogP contribution in [0.15, 0.2) is 12.7 Å². The van der Waals surface area contributed by atoms with Gasteiger partial charge in [-0.25, -0.2) is 0 Å². The van der Waals surface area contributed by atoms with Gasteiger partial charge in [0.2, 0.25) is 0 Å². The van der Waals surface area contributed by atoms with Crippen molar-refractivity contribution in [1.82, 2.24) is 6.15 Å². The van der Waals surface area contributed by atoms with Crippen molar-refractivity contribution in [3.8, 4) is 0 Å². The molecule has 65 valence electrons. The van der Waals surface area contributed by atoms with Gasteiger partial charge in [0, 0.05) is 6.15 Å². The van der Waals surface area contributed by atoms with Gasteiger partial charge in [-0.2, -0.15) is 0 Å². The highest BCUT2D eigenvalue weighted by atomic mass is 14.0. The third-order valence-electron chi connectivity index (χ3n) is 1.76. The molecule has 0 aromatic carbocycles. The van der Waals surface area contributed by atoms with Crippen molar-refractivity contribution in [2.75, 3.05) is 0 Å². The lowest BCUT2D eigenvalue weighted by molar-refractivity contribution is 0.611. The van der Waals surface area contributed by atoms with Crippen LogP contribution in [0.1, 0.15) is 51.9 Å². The molecule has 0 unspecified atom stereocenters. The molecule has 0 aromatic rings. The quantitative estimate of drug-likeness (QED) is 0.397. The Morgan fingerprint density at radius 2 is 1.55 bits per heavy atom. The van der Waals surface area contributed by atoms with Crippen LogP contribution in [0.2, 0.25) is 0 Å². The van der Waals surface area contributed by atoms with E-state index in [2.05, 4.69) is 13.5 Å². The van der Waals surface area contributed by atoms with Crippen LogP contribution in [0.4, 0.5) is 0 Å². The number of unbranched alkanes of at least 4 members (excludes halogenated alkanes) is 6. The van der Waals surface area contributed by atoms with E-state index in [-0.39, 0.29) is 6.15 Å². The Morgan fingerprint density at radius 3 is 2.09 bits per heavy atom. The third kappa shape index (κ3) is 12.8. The van der Waals surface area contributed by atoms with Gasteiger partial charge in [-0.3, -0.25) is 0 Å². The topological polar surface area (TPSA) is 30.5 Å². The minimum atomic E-state index is 0. The molecule has 0 saturated heterocycles. The van der Waals surface area contributed by atoms with Crippen LogP contribution in [0.25, 0.3) is 0 Å². The first-order chi connectivity index (χ1) is 4.91. The normalized spacial score (nSPS) is 8.82. The van der Waals surface area contributed by atoms with Crippen LogP contribution in [0, 0.1) is 0 Å². The highest BCUT2D eigenvalue weighted by Gasteiger charge is 1.86. The molecule has 0 aromatic heterocycles. The molecule has 11 heavy (non-hydrogen) atoms. The molecule has 0 saturated carbocycles. The molecule has 0 aliphatic heterocycles. The first-order valence-corrected chi connectivity index (χ1v) is 4.52. The fourth-order valence-corrected chi connectivity index (χ4v) is 1.07. The molecular formula is C10H20N. The zero-order chi connectivity index (χ0) is 7.66. The lowest BCUT2D eigenvalue weighted by atomic mass is 10.1. The van der Waals surface area contributed by atoms with Crippen LogP contribution in [0.3, 0.4) is 0 Å². The molecular weight excluding hydrogens is 134 g/mol. The van der Waals surface area contributed by atoms with Gasteiger partial charge in [0.15, 0.2) is 0 Å². The minimum Gasteiger partial charge on any atom is -0.103 e. The first-order valence-electron chi connectivity index (χ1n) is 4.52. The van der Waals surface area contributed by atoms with E-state index in [1.807, 2.05) is 6.08 Å². The summed E-state index contributed by atoms with van der Waals surface area (Å²) in [6.45, 7) is 5.95. The maximum absolute atomic E-state index is 3.69. The summed E-state index contributed by atoms with van der Waals surface area (Å²) >= 11 is 0. The van der Waals surface area contributed by atoms with E-state index in [1.165, 1.54) is 44.9 Å². The van der Waals surface area contributed by atoms with Crippen molar-refractivity contribution in [3.63, 3.8) is 0 Å². The van der Waals surface area contributed by atoms with E-state index in [4.69, 9.17) is 0 Å². The van der Waals surface area contributed by atoms with Crippen molar-refractivity contribution in [2.24, 2.45) is 0 Å². The summed E-state index contributed by atoms with van der Waals surface area (Å²) < 4.78 is 0. The number of nitrogens with zero attached hydrogens (tertiary/aromatic N) is 1. The summed E-state index contributed by atoms with van der Waals surface area (Å²) in [7, 11) is 0. The van der Waals surface area contributed by atoms with E-state index in [0.29, 0.717) is 0 Å². The average Bonchev–Trinajstić information content (AvgIpc) is 1.97. The highest BCUT2D eigenvalue weighted by molar-refractivity contribution is 4.65. The van der Waals surface area contributed by atoms with Gasteiger partial charge in [0.25, 0.3) is 0 Å². The first kappa shape index (κ1) is 13.3. The van der Waals surface area contributed by atoms with Gasteiger partial charge in [0.1, 0.15) is 0 Å². The fraction of sp³-hybridized carbons (Fsp3) is 0.800. The van der Waals surface area contributed by atoms with Crippen LogP contribution < -0.4 is 6.15 Å². The van der Waals surface area contributed by atoms with E-state index in [0.717, 1.165) is 0 Å². The smallest absolute Gasteiger partial charge is 0 e. The summed E-state index contributed by atoms with van der Waals surface area (Å²) in [6, 6.07) is 0. The van der Waals surface area contributed by atoms with Crippen molar-refractivity contribution < 1.29 is 0 Å². The van der Waals surface area contributed by atoms with Gasteiger partial charge in [0.05, 0.1) is 0 Å². The van der Waals surface area contributed by atoms with E-state index in [1.54, 1.807) is 0 Å². The maximum atomic E-state index is 3.69. The molecule has 3 radical (unpaired) electrons. The standard InChI is InChI=1S/C10H20.N/c1-3-5-7-9-10-8-6-4-2;/h3H,1,4-10H2,2H3;. The molecule has 0 atom stereocenters. The monoisotopic (exact) mass is 154 g/mol. The van der Waals surface area contributed by atoms with Gasteiger partial charge >= 0.3 is 0 Å². The summed E-state index contributed by atoms with van der Waals surface area (Å²) in [5.41, 5.74) is 0. The molecule has 0 fully saturated rings. The Hall–Kier alpha value is -0.300. The molecule has 0 aliphatic carbocycles. The minimum absolute atomic E-state index is 0. The van der Waals surface area contributed by atoms with Crippen molar-refractivity contribution in [3.05, 3.63) is 12.7 Å². The summed E-state index contributed by atoms with van der Waals surface area (Å²) in [5, 5.41) is 0. The molecule has 0 aliphatic rings. The number of allylic oxidation sites excluding steroid dienone is 1. The molecule has 0 N–H and O–H groups in total. The second-order valence-electron chi connectivity index (χ2n) is 2.85. The molecule has 1 nitrogen and oxygen atoms in total. The van der Waals surface area contributed by atoms with Gasteiger partial charge in [-0.15, -0.1) is 6.58 Å². The molecule has 1 heteroatoms. The Bertz CT molecular complexity index is 69.3. The zero-order valence-electron chi connectivity index (χ0n) is 7.68. The largest absolute Gasteiger partial charge is 0.103 e. The number of hydrogen-bond donors (Lipinski definition) is 0. The second kappa shape index (κ2) is 12.4. The van der Waals surface area contributed by atoms with Gasteiger partial charge in [-0.05, 0) is 12.8 Å². The van der Waals surface area contributed by atoms with Gasteiger partial charge < -0.3 is 0 Å². The predicted octanol–water partition coefficient (Wildman–Crippen LogP) is 3.44. The average molecular weight is 154 g/mol. The SMILES string of the molecule is C=CCCCCCCCC.[N]. The molecule has 0 heterocycles. The summed E-state index contributed by atoms with van der Waals surface area (Å²) in [6.07, 6.45) is 11.6. The molecule has 0 spiro atoms. The fourth-order valence-electron chi connectivity index (χ4n) is 1.07.